The van der Waals surface area contributed by atoms with Crippen LogP contribution in [-0.4, -0.2) is 54.1 Å². The van der Waals surface area contributed by atoms with Gasteiger partial charge in [-0.3, -0.25) is 9.80 Å². The second-order valence-electron chi connectivity index (χ2n) is 6.92. The van der Waals surface area contributed by atoms with E-state index in [0.717, 1.165) is 12.5 Å². The highest BCUT2D eigenvalue weighted by Gasteiger charge is 2.40. The van der Waals surface area contributed by atoms with Crippen molar-refractivity contribution in [3.63, 3.8) is 0 Å². The lowest BCUT2D eigenvalue weighted by Crippen LogP contribution is -2.62. The standard InChI is InChI=1S/C16H33N3/c1-4-15-6-5-7-16(12-15,13-17)19-10-8-18(9-11-19)14(2)3/h14-15H,4-13,17H2,1-3H3. The summed E-state index contributed by atoms with van der Waals surface area (Å²) in [6.07, 6.45) is 6.78. The number of hydrogen-bond donors (Lipinski definition) is 1. The number of nitrogens with zero attached hydrogens (tertiary/aromatic N) is 2. The molecule has 0 amide bonds. The van der Waals surface area contributed by atoms with Gasteiger partial charge in [0.15, 0.2) is 0 Å². The van der Waals surface area contributed by atoms with Crippen LogP contribution >= 0.6 is 0 Å². The van der Waals surface area contributed by atoms with E-state index in [0.29, 0.717) is 11.6 Å². The smallest absolute Gasteiger partial charge is 0.0335 e. The molecule has 2 aliphatic rings. The van der Waals surface area contributed by atoms with E-state index in [4.69, 9.17) is 5.73 Å². The number of nitrogens with two attached hydrogens (primary N) is 1. The molecule has 1 saturated carbocycles. The lowest BCUT2D eigenvalue weighted by Gasteiger charge is -2.51. The van der Waals surface area contributed by atoms with E-state index in [1.54, 1.807) is 0 Å². The summed E-state index contributed by atoms with van der Waals surface area (Å²) in [5.41, 5.74) is 6.55. The molecule has 2 unspecified atom stereocenters. The quantitative estimate of drug-likeness (QED) is 0.848. The van der Waals surface area contributed by atoms with Gasteiger partial charge < -0.3 is 5.73 Å². The van der Waals surface area contributed by atoms with Crippen LogP contribution in [0.3, 0.4) is 0 Å². The Morgan fingerprint density at radius 3 is 2.42 bits per heavy atom. The van der Waals surface area contributed by atoms with Crippen LogP contribution in [0.4, 0.5) is 0 Å². The molecule has 3 nitrogen and oxygen atoms in total. The number of piperazine rings is 1. The minimum atomic E-state index is 0.321. The maximum absolute atomic E-state index is 6.23. The third kappa shape index (κ3) is 3.32. The van der Waals surface area contributed by atoms with Gasteiger partial charge in [0.1, 0.15) is 0 Å². The van der Waals surface area contributed by atoms with Crippen molar-refractivity contribution in [2.24, 2.45) is 11.7 Å². The van der Waals surface area contributed by atoms with Gasteiger partial charge in [-0.2, -0.15) is 0 Å². The van der Waals surface area contributed by atoms with E-state index in [2.05, 4.69) is 30.6 Å². The topological polar surface area (TPSA) is 32.5 Å². The highest BCUT2D eigenvalue weighted by Crippen LogP contribution is 2.38. The lowest BCUT2D eigenvalue weighted by molar-refractivity contribution is -0.00811. The van der Waals surface area contributed by atoms with E-state index in [1.165, 1.54) is 58.3 Å². The van der Waals surface area contributed by atoms with Crippen LogP contribution in [0.15, 0.2) is 0 Å². The van der Waals surface area contributed by atoms with Gasteiger partial charge in [-0.15, -0.1) is 0 Å². The Morgan fingerprint density at radius 1 is 1.21 bits per heavy atom. The molecular weight excluding hydrogens is 234 g/mol. The van der Waals surface area contributed by atoms with Crippen LogP contribution in [0, 0.1) is 5.92 Å². The summed E-state index contributed by atoms with van der Waals surface area (Å²) in [6, 6.07) is 0.686. The molecule has 0 aromatic rings. The first kappa shape index (κ1) is 15.3. The second kappa shape index (κ2) is 6.55. The van der Waals surface area contributed by atoms with Gasteiger partial charge >= 0.3 is 0 Å². The van der Waals surface area contributed by atoms with Gasteiger partial charge in [0.2, 0.25) is 0 Å². The van der Waals surface area contributed by atoms with Crippen molar-refractivity contribution in [2.75, 3.05) is 32.7 Å². The van der Waals surface area contributed by atoms with Crippen LogP contribution in [0.5, 0.6) is 0 Å². The van der Waals surface area contributed by atoms with Crippen LogP contribution in [0.2, 0.25) is 0 Å². The van der Waals surface area contributed by atoms with Gasteiger partial charge in [-0.1, -0.05) is 26.2 Å². The van der Waals surface area contributed by atoms with E-state index in [9.17, 15) is 0 Å². The first-order valence-corrected chi connectivity index (χ1v) is 8.30. The van der Waals surface area contributed by atoms with Crippen LogP contribution in [0.1, 0.15) is 52.9 Å². The van der Waals surface area contributed by atoms with Crippen molar-refractivity contribution in [3.05, 3.63) is 0 Å². The van der Waals surface area contributed by atoms with Gasteiger partial charge in [0.25, 0.3) is 0 Å². The summed E-state index contributed by atoms with van der Waals surface area (Å²) >= 11 is 0. The molecule has 2 atom stereocenters. The normalized spacial score (nSPS) is 34.9. The van der Waals surface area contributed by atoms with Gasteiger partial charge in [0, 0.05) is 44.3 Å². The lowest BCUT2D eigenvalue weighted by atomic mass is 9.73. The molecule has 112 valence electrons. The van der Waals surface area contributed by atoms with Crippen LogP contribution in [-0.2, 0) is 0 Å². The average Bonchev–Trinajstić information content (AvgIpc) is 2.47. The van der Waals surface area contributed by atoms with Crippen molar-refractivity contribution in [2.45, 2.75) is 64.5 Å². The Morgan fingerprint density at radius 2 is 1.89 bits per heavy atom. The molecule has 1 aliphatic carbocycles. The van der Waals surface area contributed by atoms with Crippen molar-refractivity contribution in [3.8, 4) is 0 Å². The van der Waals surface area contributed by atoms with E-state index >= 15 is 0 Å². The predicted molar refractivity (Wildman–Crippen MR) is 82.3 cm³/mol. The van der Waals surface area contributed by atoms with Crippen LogP contribution in [0.25, 0.3) is 0 Å². The van der Waals surface area contributed by atoms with E-state index in [1.807, 2.05) is 0 Å². The minimum Gasteiger partial charge on any atom is -0.329 e. The fourth-order valence-electron chi connectivity index (χ4n) is 4.12. The molecule has 1 heterocycles. The Labute approximate surface area is 119 Å². The first-order valence-electron chi connectivity index (χ1n) is 8.30. The van der Waals surface area contributed by atoms with Gasteiger partial charge in [-0.25, -0.2) is 0 Å². The molecule has 19 heavy (non-hydrogen) atoms. The van der Waals surface area contributed by atoms with Gasteiger partial charge in [0.05, 0.1) is 0 Å². The minimum absolute atomic E-state index is 0.321. The largest absolute Gasteiger partial charge is 0.329 e. The average molecular weight is 267 g/mol. The molecular formula is C16H33N3. The molecule has 0 spiro atoms. The SMILES string of the molecule is CCC1CCCC(CN)(N2CCN(C(C)C)CC2)C1. The van der Waals surface area contributed by atoms with Crippen LogP contribution < -0.4 is 5.73 Å². The fraction of sp³-hybridized carbons (Fsp3) is 1.00. The molecule has 2 fully saturated rings. The predicted octanol–water partition coefficient (Wildman–Crippen LogP) is 2.31. The van der Waals surface area contributed by atoms with E-state index in [-0.39, 0.29) is 0 Å². The zero-order chi connectivity index (χ0) is 13.9. The summed E-state index contributed by atoms with van der Waals surface area (Å²) in [4.78, 5) is 5.33. The summed E-state index contributed by atoms with van der Waals surface area (Å²) in [7, 11) is 0. The second-order valence-corrected chi connectivity index (χ2v) is 6.92. The molecule has 2 rings (SSSR count). The molecule has 1 aliphatic heterocycles. The third-order valence-electron chi connectivity index (χ3n) is 5.60. The Kier molecular flexibility index (Phi) is 5.27. The molecule has 3 heteroatoms. The summed E-state index contributed by atoms with van der Waals surface area (Å²) in [6.45, 7) is 12.7. The highest BCUT2D eigenvalue weighted by molar-refractivity contribution is 4.98. The zero-order valence-electron chi connectivity index (χ0n) is 13.2. The third-order valence-corrected chi connectivity index (χ3v) is 5.60. The zero-order valence-corrected chi connectivity index (χ0v) is 13.2. The summed E-state index contributed by atoms with van der Waals surface area (Å²) in [5, 5.41) is 0. The fourth-order valence-corrected chi connectivity index (χ4v) is 4.12. The molecule has 2 N–H and O–H groups in total. The number of hydrogen-bond acceptors (Lipinski definition) is 3. The Hall–Kier alpha value is -0.120. The summed E-state index contributed by atoms with van der Waals surface area (Å²) < 4.78 is 0. The molecule has 0 aromatic heterocycles. The van der Waals surface area contributed by atoms with Gasteiger partial charge in [-0.05, 0) is 32.6 Å². The van der Waals surface area contributed by atoms with Crippen molar-refractivity contribution >= 4 is 0 Å². The highest BCUT2D eigenvalue weighted by atomic mass is 15.3. The van der Waals surface area contributed by atoms with E-state index < -0.39 is 0 Å². The maximum atomic E-state index is 6.23. The Balaban J connectivity index is 1.98. The maximum Gasteiger partial charge on any atom is 0.0335 e. The monoisotopic (exact) mass is 267 g/mol. The van der Waals surface area contributed by atoms with Crippen molar-refractivity contribution in [1.82, 2.24) is 9.80 Å². The Bertz CT molecular complexity index is 271. The van der Waals surface area contributed by atoms with Crippen molar-refractivity contribution in [1.29, 1.82) is 0 Å². The molecule has 0 aromatic carbocycles. The first-order chi connectivity index (χ1) is 9.11. The van der Waals surface area contributed by atoms with Crippen molar-refractivity contribution < 1.29 is 0 Å². The summed E-state index contributed by atoms with van der Waals surface area (Å²) in [5.74, 6) is 0.903. The number of rotatable bonds is 4. The molecule has 0 bridgehead atoms. The molecule has 0 radical (unpaired) electrons. The molecule has 1 saturated heterocycles.